The first-order chi connectivity index (χ1) is 13.3. The second-order valence-corrected chi connectivity index (χ2v) is 7.30. The zero-order valence-electron chi connectivity index (χ0n) is 15.7. The first-order valence-corrected chi connectivity index (χ1v) is 9.11. The van der Waals surface area contributed by atoms with Crippen LogP contribution in [0.4, 0.5) is 10.2 Å². The lowest BCUT2D eigenvalue weighted by molar-refractivity contribution is 0.1000. The Hall–Kier alpha value is -3.16. The average Bonchev–Trinajstić information content (AvgIpc) is 3.25. The van der Waals surface area contributed by atoms with Gasteiger partial charge in [0, 0.05) is 12.0 Å². The molecule has 4 rings (SSSR count). The summed E-state index contributed by atoms with van der Waals surface area (Å²) in [7, 11) is 0. The summed E-state index contributed by atoms with van der Waals surface area (Å²) in [6.07, 6.45) is 2.46. The number of benzene rings is 1. The predicted octanol–water partition coefficient (Wildman–Crippen LogP) is 3.36. The molecule has 0 saturated heterocycles. The van der Waals surface area contributed by atoms with E-state index in [1.807, 2.05) is 0 Å². The number of nitrogens with zero attached hydrogens (tertiary/aromatic N) is 2. The predicted molar refractivity (Wildman–Crippen MR) is 102 cm³/mol. The maximum atomic E-state index is 13.0. The molecular formula is C20H21FN4O3. The van der Waals surface area contributed by atoms with Gasteiger partial charge >= 0.3 is 0 Å². The molecule has 0 atom stereocenters. The van der Waals surface area contributed by atoms with Crippen LogP contribution >= 0.6 is 0 Å². The molecule has 8 heteroatoms. The molecule has 0 spiro atoms. The van der Waals surface area contributed by atoms with Crippen molar-refractivity contribution in [1.82, 2.24) is 9.97 Å². The molecule has 3 aromatic rings. The number of halogens is 1. The van der Waals surface area contributed by atoms with Gasteiger partial charge in [-0.3, -0.25) is 4.79 Å². The van der Waals surface area contributed by atoms with Crippen LogP contribution in [-0.2, 0) is 6.42 Å². The number of nitrogens with one attached hydrogen (secondary N) is 1. The van der Waals surface area contributed by atoms with Crippen LogP contribution in [0, 0.1) is 12.7 Å². The quantitative estimate of drug-likeness (QED) is 0.647. The highest BCUT2D eigenvalue weighted by molar-refractivity contribution is 6.09. The number of amides is 1. The highest BCUT2D eigenvalue weighted by Crippen LogP contribution is 2.40. The smallest absolute Gasteiger partial charge is 0.253 e. The number of aryl methyl sites for hydroxylation is 1. The second kappa shape index (κ2) is 6.78. The van der Waals surface area contributed by atoms with Gasteiger partial charge in [-0.15, -0.1) is 0 Å². The Balaban J connectivity index is 1.61. The summed E-state index contributed by atoms with van der Waals surface area (Å²) in [5.74, 6) is 1.16. The molecular weight excluding hydrogens is 363 g/mol. The van der Waals surface area contributed by atoms with E-state index in [4.69, 9.17) is 14.9 Å². The minimum atomic E-state index is -0.573. The van der Waals surface area contributed by atoms with E-state index < -0.39 is 5.91 Å². The van der Waals surface area contributed by atoms with Crippen molar-refractivity contribution >= 4 is 22.8 Å². The third-order valence-electron chi connectivity index (χ3n) is 4.85. The first-order valence-electron chi connectivity index (χ1n) is 9.11. The summed E-state index contributed by atoms with van der Waals surface area (Å²) in [5, 5.41) is 3.91. The van der Waals surface area contributed by atoms with E-state index in [1.165, 1.54) is 12.1 Å². The van der Waals surface area contributed by atoms with Crippen LogP contribution in [0.5, 0.6) is 5.75 Å². The van der Waals surface area contributed by atoms with Crippen LogP contribution in [0.15, 0.2) is 28.7 Å². The lowest BCUT2D eigenvalue weighted by Gasteiger charge is -2.14. The molecule has 0 bridgehead atoms. The highest BCUT2D eigenvalue weighted by Gasteiger charge is 2.38. The molecule has 1 saturated carbocycles. The monoisotopic (exact) mass is 384 g/mol. The lowest BCUT2D eigenvalue weighted by atomic mass is 10.1. The standard InChI is InChI=1S/C20H21FN4O3/c1-11-15(17(22)26)16-18(25-20(2)8-9-20)23-14(24-19(16)28-11)7-10-27-13-5-3-12(21)4-6-13/h3-6H,7-10H2,1-2H3,(H2,22,26)(H,23,24,25). The molecule has 28 heavy (non-hydrogen) atoms. The van der Waals surface area contributed by atoms with E-state index in [1.54, 1.807) is 19.1 Å². The third kappa shape index (κ3) is 3.62. The van der Waals surface area contributed by atoms with E-state index >= 15 is 0 Å². The van der Waals surface area contributed by atoms with Crippen LogP contribution in [-0.4, -0.2) is 28.0 Å². The normalized spacial score (nSPS) is 14.8. The molecule has 146 valence electrons. The summed E-state index contributed by atoms with van der Waals surface area (Å²) in [4.78, 5) is 20.9. The van der Waals surface area contributed by atoms with Crippen LogP contribution in [0.2, 0.25) is 0 Å². The number of anilines is 1. The molecule has 2 heterocycles. The van der Waals surface area contributed by atoms with Gasteiger partial charge in [-0.1, -0.05) is 0 Å². The van der Waals surface area contributed by atoms with Crippen LogP contribution in [0.3, 0.4) is 0 Å². The van der Waals surface area contributed by atoms with Crippen LogP contribution < -0.4 is 15.8 Å². The minimum absolute atomic E-state index is 0.0523. The maximum absolute atomic E-state index is 13.0. The van der Waals surface area contributed by atoms with Crippen molar-refractivity contribution in [2.75, 3.05) is 11.9 Å². The number of hydrogen-bond acceptors (Lipinski definition) is 6. The first kappa shape index (κ1) is 18.2. The maximum Gasteiger partial charge on any atom is 0.253 e. The van der Waals surface area contributed by atoms with Crippen molar-refractivity contribution in [3.05, 3.63) is 47.2 Å². The van der Waals surface area contributed by atoms with Crippen molar-refractivity contribution in [1.29, 1.82) is 0 Å². The Bertz CT molecular complexity index is 1040. The fraction of sp³-hybridized carbons (Fsp3) is 0.350. The molecule has 1 fully saturated rings. The van der Waals surface area contributed by atoms with Gasteiger partial charge in [-0.2, -0.15) is 4.98 Å². The van der Waals surface area contributed by atoms with Gasteiger partial charge in [0.05, 0.1) is 17.6 Å². The number of furan rings is 1. The van der Waals surface area contributed by atoms with Crippen molar-refractivity contribution in [3.8, 4) is 5.75 Å². The Morgan fingerprint density at radius 3 is 2.68 bits per heavy atom. The summed E-state index contributed by atoms with van der Waals surface area (Å²) in [6, 6.07) is 5.81. The van der Waals surface area contributed by atoms with E-state index in [0.29, 0.717) is 52.8 Å². The molecule has 7 nitrogen and oxygen atoms in total. The average molecular weight is 384 g/mol. The van der Waals surface area contributed by atoms with Gasteiger partial charge in [0.1, 0.15) is 29.0 Å². The van der Waals surface area contributed by atoms with Crippen molar-refractivity contribution < 1.29 is 18.3 Å². The van der Waals surface area contributed by atoms with E-state index in [2.05, 4.69) is 22.2 Å². The molecule has 1 aliphatic rings. The van der Waals surface area contributed by atoms with Gasteiger partial charge in [-0.25, -0.2) is 9.37 Å². The molecule has 1 amide bonds. The molecule has 1 aliphatic carbocycles. The second-order valence-electron chi connectivity index (χ2n) is 7.30. The number of hydrogen-bond donors (Lipinski definition) is 2. The van der Waals surface area contributed by atoms with Crippen molar-refractivity contribution in [2.24, 2.45) is 5.73 Å². The van der Waals surface area contributed by atoms with Crippen LogP contribution in [0.25, 0.3) is 11.1 Å². The Labute approximate surface area is 161 Å². The van der Waals surface area contributed by atoms with Gasteiger partial charge < -0.3 is 20.2 Å². The number of carbonyl (C=O) groups is 1. The largest absolute Gasteiger partial charge is 0.493 e. The molecule has 0 aliphatic heterocycles. The fourth-order valence-electron chi connectivity index (χ4n) is 3.04. The summed E-state index contributed by atoms with van der Waals surface area (Å²) in [5.41, 5.74) is 6.11. The minimum Gasteiger partial charge on any atom is -0.493 e. The van der Waals surface area contributed by atoms with E-state index in [9.17, 15) is 9.18 Å². The number of aromatic nitrogens is 2. The van der Waals surface area contributed by atoms with Crippen molar-refractivity contribution in [2.45, 2.75) is 38.6 Å². The van der Waals surface area contributed by atoms with Crippen molar-refractivity contribution in [3.63, 3.8) is 0 Å². The lowest BCUT2D eigenvalue weighted by Crippen LogP contribution is -2.19. The van der Waals surface area contributed by atoms with Gasteiger partial charge in [-0.05, 0) is 51.0 Å². The Kier molecular flexibility index (Phi) is 4.41. The van der Waals surface area contributed by atoms with E-state index in [-0.39, 0.29) is 11.4 Å². The number of rotatable bonds is 7. The molecule has 1 aromatic carbocycles. The topological polar surface area (TPSA) is 103 Å². The van der Waals surface area contributed by atoms with E-state index in [0.717, 1.165) is 12.8 Å². The zero-order valence-corrected chi connectivity index (χ0v) is 15.7. The number of fused-ring (bicyclic) bond motifs is 1. The Morgan fingerprint density at radius 2 is 2.04 bits per heavy atom. The fourth-order valence-corrected chi connectivity index (χ4v) is 3.04. The third-order valence-corrected chi connectivity index (χ3v) is 4.85. The number of ether oxygens (including phenoxy) is 1. The number of carbonyl (C=O) groups excluding carboxylic acids is 1. The number of primary amides is 1. The summed E-state index contributed by atoms with van der Waals surface area (Å²) < 4.78 is 24.3. The van der Waals surface area contributed by atoms with Gasteiger partial charge in [0.15, 0.2) is 0 Å². The summed E-state index contributed by atoms with van der Waals surface area (Å²) >= 11 is 0. The summed E-state index contributed by atoms with van der Waals surface area (Å²) in [6.45, 7) is 4.09. The molecule has 3 N–H and O–H groups in total. The molecule has 2 aromatic heterocycles. The van der Waals surface area contributed by atoms with Gasteiger partial charge in [0.2, 0.25) is 5.71 Å². The molecule has 0 radical (unpaired) electrons. The molecule has 0 unspecified atom stereocenters. The zero-order chi connectivity index (χ0) is 19.9. The van der Waals surface area contributed by atoms with Crippen LogP contribution in [0.1, 0.15) is 41.7 Å². The highest BCUT2D eigenvalue weighted by atomic mass is 19.1. The number of nitrogens with two attached hydrogens (primary N) is 1. The Morgan fingerprint density at radius 1 is 1.32 bits per heavy atom. The van der Waals surface area contributed by atoms with Gasteiger partial charge in [0.25, 0.3) is 5.91 Å². The SMILES string of the molecule is Cc1oc2nc(CCOc3ccc(F)cc3)nc(NC3(C)CC3)c2c1C(N)=O.